The predicted molar refractivity (Wildman–Crippen MR) is 71.6 cm³/mol. The molecule has 1 amide bonds. The van der Waals surface area contributed by atoms with E-state index in [0.717, 1.165) is 0 Å². The van der Waals surface area contributed by atoms with Crippen molar-refractivity contribution in [3.8, 4) is 0 Å². The molecule has 0 unspecified atom stereocenters. The number of halogens is 2. The fraction of sp³-hybridized carbons (Fsp3) is 0.538. The number of alkyl carbamates (subject to hydrolysis) is 1. The fourth-order valence-electron chi connectivity index (χ4n) is 1.23. The molecule has 0 aromatic heterocycles. The Morgan fingerprint density at radius 1 is 1.47 bits per heavy atom. The average Bonchev–Trinajstić information content (AvgIpc) is 2.23. The standard InChI is InChI=1S/C13H20F2N2O2/c1-6-7-9(10(16-5)11(14)15)8-17-12(18)19-13(2,3)4/h6-7,11H,5,8H2,1-4H3,(H,17,18)/b7-6-,10-9+. The largest absolute Gasteiger partial charge is 0.444 e. The number of carbonyl (C=O) groups excluding carboxylic acids is 1. The molecule has 6 heteroatoms. The summed E-state index contributed by atoms with van der Waals surface area (Å²) >= 11 is 0. The van der Waals surface area contributed by atoms with Crippen LogP contribution < -0.4 is 5.32 Å². The molecule has 0 aromatic rings. The van der Waals surface area contributed by atoms with Gasteiger partial charge in [0.25, 0.3) is 6.43 Å². The van der Waals surface area contributed by atoms with Gasteiger partial charge in [-0.05, 0) is 40.0 Å². The second-order valence-electron chi connectivity index (χ2n) is 4.72. The van der Waals surface area contributed by atoms with Gasteiger partial charge < -0.3 is 10.1 Å². The molecule has 0 heterocycles. The topological polar surface area (TPSA) is 50.7 Å². The molecule has 0 fully saturated rings. The van der Waals surface area contributed by atoms with Crippen LogP contribution in [0.5, 0.6) is 0 Å². The van der Waals surface area contributed by atoms with Crippen LogP contribution in [-0.2, 0) is 4.74 Å². The number of hydrogen-bond acceptors (Lipinski definition) is 3. The maximum atomic E-state index is 12.7. The lowest BCUT2D eigenvalue weighted by atomic mass is 10.2. The van der Waals surface area contributed by atoms with E-state index in [1.54, 1.807) is 33.8 Å². The Kier molecular flexibility index (Phi) is 6.96. The molecule has 0 atom stereocenters. The first-order valence-corrected chi connectivity index (χ1v) is 5.78. The molecule has 0 aliphatic heterocycles. The molecule has 19 heavy (non-hydrogen) atoms. The van der Waals surface area contributed by atoms with Gasteiger partial charge in [-0.25, -0.2) is 13.6 Å². The quantitative estimate of drug-likeness (QED) is 0.617. The lowest BCUT2D eigenvalue weighted by Crippen LogP contribution is -2.33. The number of allylic oxidation sites excluding steroid dienone is 2. The van der Waals surface area contributed by atoms with Crippen LogP contribution in [0.15, 0.2) is 28.4 Å². The second-order valence-corrected chi connectivity index (χ2v) is 4.72. The van der Waals surface area contributed by atoms with Crippen LogP contribution in [0.1, 0.15) is 27.7 Å². The van der Waals surface area contributed by atoms with Gasteiger partial charge in [-0.1, -0.05) is 12.2 Å². The molecule has 0 saturated heterocycles. The highest BCUT2D eigenvalue weighted by Crippen LogP contribution is 2.16. The fourth-order valence-corrected chi connectivity index (χ4v) is 1.23. The molecule has 0 saturated carbocycles. The number of nitrogens with one attached hydrogen (secondary N) is 1. The monoisotopic (exact) mass is 274 g/mol. The van der Waals surface area contributed by atoms with E-state index < -0.39 is 23.8 Å². The Morgan fingerprint density at radius 3 is 2.42 bits per heavy atom. The smallest absolute Gasteiger partial charge is 0.407 e. The van der Waals surface area contributed by atoms with Crippen molar-refractivity contribution in [3.05, 3.63) is 23.4 Å². The van der Waals surface area contributed by atoms with Crippen LogP contribution >= 0.6 is 0 Å². The Balaban J connectivity index is 4.80. The number of alkyl halides is 2. The number of amides is 1. The van der Waals surface area contributed by atoms with Gasteiger partial charge in [0.15, 0.2) is 0 Å². The third kappa shape index (κ3) is 7.33. The van der Waals surface area contributed by atoms with E-state index in [1.807, 2.05) is 0 Å². The minimum Gasteiger partial charge on any atom is -0.444 e. The van der Waals surface area contributed by atoms with Crippen molar-refractivity contribution >= 4 is 12.8 Å². The summed E-state index contributed by atoms with van der Waals surface area (Å²) in [6.45, 7) is 9.83. The SMILES string of the molecule is C=N/C(=C(\C=C/C)CNC(=O)OC(C)(C)C)C(F)F. The number of nitrogens with zero attached hydrogens (tertiary/aromatic N) is 1. The number of rotatable bonds is 5. The number of aliphatic imine (C=N–C) groups is 1. The molecular formula is C13H20F2N2O2. The lowest BCUT2D eigenvalue weighted by Gasteiger charge is -2.20. The van der Waals surface area contributed by atoms with E-state index in [9.17, 15) is 13.6 Å². The van der Waals surface area contributed by atoms with Crippen LogP contribution in [0, 0.1) is 0 Å². The third-order valence-corrected chi connectivity index (χ3v) is 1.90. The summed E-state index contributed by atoms with van der Waals surface area (Å²) in [5.74, 6) is 0. The normalized spacial score (nSPS) is 13.4. The van der Waals surface area contributed by atoms with Crippen molar-refractivity contribution in [2.45, 2.75) is 39.7 Å². The van der Waals surface area contributed by atoms with Crippen molar-refractivity contribution in [1.29, 1.82) is 0 Å². The van der Waals surface area contributed by atoms with Gasteiger partial charge in [-0.15, -0.1) is 0 Å². The first-order valence-electron chi connectivity index (χ1n) is 5.78. The first kappa shape index (κ1) is 17.3. The van der Waals surface area contributed by atoms with Gasteiger partial charge in [-0.2, -0.15) is 0 Å². The molecule has 0 spiro atoms. The molecule has 1 N–H and O–H groups in total. The lowest BCUT2D eigenvalue weighted by molar-refractivity contribution is 0.0532. The summed E-state index contributed by atoms with van der Waals surface area (Å²) in [5, 5.41) is 2.40. The molecule has 0 rings (SSSR count). The van der Waals surface area contributed by atoms with E-state index in [0.29, 0.717) is 0 Å². The Hall–Kier alpha value is -1.72. The van der Waals surface area contributed by atoms with E-state index in [-0.39, 0.29) is 12.1 Å². The zero-order valence-corrected chi connectivity index (χ0v) is 11.7. The molecule has 0 bridgehead atoms. The molecule has 0 radical (unpaired) electrons. The number of ether oxygens (including phenoxy) is 1. The average molecular weight is 274 g/mol. The molecule has 0 aromatic carbocycles. The van der Waals surface area contributed by atoms with E-state index in [2.05, 4.69) is 17.0 Å². The zero-order valence-electron chi connectivity index (χ0n) is 11.7. The van der Waals surface area contributed by atoms with Crippen molar-refractivity contribution in [2.75, 3.05) is 6.54 Å². The Morgan fingerprint density at radius 2 is 2.05 bits per heavy atom. The van der Waals surface area contributed by atoms with Gasteiger partial charge >= 0.3 is 6.09 Å². The summed E-state index contributed by atoms with van der Waals surface area (Å²) in [7, 11) is 0. The van der Waals surface area contributed by atoms with Crippen molar-refractivity contribution in [3.63, 3.8) is 0 Å². The summed E-state index contributed by atoms with van der Waals surface area (Å²) in [6.07, 6.45) is -0.385. The van der Waals surface area contributed by atoms with Crippen LogP contribution in [0.3, 0.4) is 0 Å². The van der Waals surface area contributed by atoms with Gasteiger partial charge in [0.05, 0.1) is 0 Å². The molecular weight excluding hydrogens is 254 g/mol. The summed E-state index contributed by atoms with van der Waals surface area (Å²) in [6, 6.07) is 0. The minimum atomic E-state index is -2.75. The Bertz CT molecular complexity index is 383. The summed E-state index contributed by atoms with van der Waals surface area (Å²) < 4.78 is 30.4. The van der Waals surface area contributed by atoms with Gasteiger partial charge in [0.1, 0.15) is 11.3 Å². The number of carbonyl (C=O) groups is 1. The predicted octanol–water partition coefficient (Wildman–Crippen LogP) is 3.31. The highest BCUT2D eigenvalue weighted by molar-refractivity contribution is 5.68. The van der Waals surface area contributed by atoms with Crippen LogP contribution in [-0.4, -0.2) is 31.4 Å². The van der Waals surface area contributed by atoms with Gasteiger partial charge in [0, 0.05) is 6.54 Å². The van der Waals surface area contributed by atoms with Crippen LogP contribution in [0.2, 0.25) is 0 Å². The van der Waals surface area contributed by atoms with Crippen LogP contribution in [0.25, 0.3) is 0 Å². The van der Waals surface area contributed by atoms with Gasteiger partial charge in [0.2, 0.25) is 0 Å². The van der Waals surface area contributed by atoms with E-state index in [4.69, 9.17) is 4.74 Å². The zero-order chi connectivity index (χ0) is 15.1. The maximum absolute atomic E-state index is 12.7. The number of hydrogen-bond donors (Lipinski definition) is 1. The molecule has 0 aliphatic rings. The second kappa shape index (κ2) is 7.66. The summed E-state index contributed by atoms with van der Waals surface area (Å²) in [5.41, 5.74) is -0.899. The van der Waals surface area contributed by atoms with Gasteiger partial charge in [-0.3, -0.25) is 4.99 Å². The Labute approximate surface area is 112 Å². The summed E-state index contributed by atoms with van der Waals surface area (Å²) in [4.78, 5) is 14.7. The van der Waals surface area contributed by atoms with Crippen molar-refractivity contribution in [2.24, 2.45) is 4.99 Å². The molecule has 108 valence electrons. The maximum Gasteiger partial charge on any atom is 0.407 e. The molecule has 0 aliphatic carbocycles. The van der Waals surface area contributed by atoms with Crippen LogP contribution in [0.4, 0.5) is 13.6 Å². The van der Waals surface area contributed by atoms with Crippen molar-refractivity contribution < 1.29 is 18.3 Å². The first-order chi connectivity index (χ1) is 8.71. The highest BCUT2D eigenvalue weighted by Gasteiger charge is 2.18. The third-order valence-electron chi connectivity index (χ3n) is 1.90. The van der Waals surface area contributed by atoms with Crippen molar-refractivity contribution in [1.82, 2.24) is 5.32 Å². The minimum absolute atomic E-state index is 0.0993. The highest BCUT2D eigenvalue weighted by atomic mass is 19.3. The molecule has 4 nitrogen and oxygen atoms in total. The van der Waals surface area contributed by atoms with E-state index in [1.165, 1.54) is 6.08 Å². The van der Waals surface area contributed by atoms with E-state index >= 15 is 0 Å².